The first-order valence-corrected chi connectivity index (χ1v) is 6.56. The summed E-state index contributed by atoms with van der Waals surface area (Å²) in [6, 6.07) is 2.43. The molecule has 1 saturated heterocycles. The summed E-state index contributed by atoms with van der Waals surface area (Å²) in [7, 11) is 0. The van der Waals surface area contributed by atoms with Crippen LogP contribution in [0.1, 0.15) is 18.9 Å². The van der Waals surface area contributed by atoms with Crippen molar-refractivity contribution in [1.82, 2.24) is 0 Å². The summed E-state index contributed by atoms with van der Waals surface area (Å²) < 4.78 is 32.7. The molecule has 1 aliphatic rings. The Morgan fingerprint density at radius 1 is 1.50 bits per heavy atom. The highest BCUT2D eigenvalue weighted by molar-refractivity contribution is 9.10. The van der Waals surface area contributed by atoms with E-state index in [9.17, 15) is 13.6 Å². The Balaban J connectivity index is 2.19. The lowest BCUT2D eigenvalue weighted by atomic mass is 9.96. The number of hydrogen-bond acceptors (Lipinski definition) is 2. The van der Waals surface area contributed by atoms with Crippen molar-refractivity contribution in [1.29, 1.82) is 0 Å². The molecular weight excluding hydrogens is 306 g/mol. The van der Waals surface area contributed by atoms with Gasteiger partial charge in [0.15, 0.2) is 5.78 Å². The average Bonchev–Trinajstić information content (AvgIpc) is 2.76. The maximum absolute atomic E-state index is 13.7. The van der Waals surface area contributed by atoms with Gasteiger partial charge in [0.05, 0.1) is 4.47 Å². The van der Waals surface area contributed by atoms with Crippen molar-refractivity contribution in [3.63, 3.8) is 0 Å². The minimum atomic E-state index is -0.714. The molecule has 1 aromatic rings. The molecule has 1 aromatic carbocycles. The predicted octanol–water partition coefficient (Wildman–Crippen LogP) is 3.26. The average molecular weight is 319 g/mol. The molecule has 18 heavy (non-hydrogen) atoms. The normalized spacial score (nSPS) is 23.3. The molecule has 2 nitrogen and oxygen atoms in total. The van der Waals surface area contributed by atoms with Crippen LogP contribution in [0.5, 0.6) is 0 Å². The number of ketones is 1. The molecular formula is C13H13BrF2O2. The molecule has 0 amide bonds. The van der Waals surface area contributed by atoms with E-state index in [1.165, 1.54) is 6.07 Å². The number of rotatable bonds is 3. The van der Waals surface area contributed by atoms with Crippen LogP contribution < -0.4 is 0 Å². The van der Waals surface area contributed by atoms with Crippen LogP contribution >= 0.6 is 15.9 Å². The van der Waals surface area contributed by atoms with Crippen LogP contribution in [-0.4, -0.2) is 18.5 Å². The topological polar surface area (TPSA) is 26.3 Å². The van der Waals surface area contributed by atoms with Crippen molar-refractivity contribution < 1.29 is 18.3 Å². The first-order valence-electron chi connectivity index (χ1n) is 5.77. The van der Waals surface area contributed by atoms with E-state index < -0.39 is 17.7 Å². The zero-order valence-electron chi connectivity index (χ0n) is 9.88. The van der Waals surface area contributed by atoms with Crippen LogP contribution in [0.15, 0.2) is 16.6 Å². The number of halogens is 3. The third-order valence-corrected chi connectivity index (χ3v) is 3.81. The fourth-order valence-corrected chi connectivity index (χ4v) is 2.48. The Bertz CT molecular complexity index is 476. The van der Waals surface area contributed by atoms with E-state index >= 15 is 0 Å². The number of hydrogen-bond donors (Lipinski definition) is 0. The Morgan fingerprint density at radius 2 is 2.22 bits per heavy atom. The van der Waals surface area contributed by atoms with Crippen molar-refractivity contribution in [2.45, 2.75) is 25.9 Å². The highest BCUT2D eigenvalue weighted by Gasteiger charge is 2.31. The monoisotopic (exact) mass is 318 g/mol. The first kappa shape index (κ1) is 13.6. The van der Waals surface area contributed by atoms with E-state index in [2.05, 4.69) is 15.9 Å². The maximum atomic E-state index is 13.7. The van der Waals surface area contributed by atoms with Crippen LogP contribution in [0.4, 0.5) is 8.78 Å². The summed E-state index contributed by atoms with van der Waals surface area (Å²) in [5.41, 5.74) is -0.197. The summed E-state index contributed by atoms with van der Waals surface area (Å²) in [5.74, 6) is -1.57. The van der Waals surface area contributed by atoms with Gasteiger partial charge in [-0.05, 0) is 40.4 Å². The summed E-state index contributed by atoms with van der Waals surface area (Å²) in [5, 5.41) is 0. The van der Waals surface area contributed by atoms with Gasteiger partial charge in [0, 0.05) is 18.6 Å². The van der Waals surface area contributed by atoms with E-state index in [0.717, 1.165) is 12.5 Å². The molecule has 1 fully saturated rings. The van der Waals surface area contributed by atoms with Crippen LogP contribution in [0.3, 0.4) is 0 Å². The fourth-order valence-electron chi connectivity index (χ4n) is 2.11. The smallest absolute Gasteiger partial charge is 0.166 e. The summed E-state index contributed by atoms with van der Waals surface area (Å²) in [6.45, 7) is 2.43. The SMILES string of the molecule is CC1CCOC1C(=O)Cc1c(F)ccc(Br)c1F. The highest BCUT2D eigenvalue weighted by atomic mass is 79.9. The van der Waals surface area contributed by atoms with E-state index in [0.29, 0.717) is 6.61 Å². The van der Waals surface area contributed by atoms with Crippen molar-refractivity contribution in [2.24, 2.45) is 5.92 Å². The number of benzene rings is 1. The quantitative estimate of drug-likeness (QED) is 0.800. The molecule has 2 rings (SSSR count). The van der Waals surface area contributed by atoms with E-state index in [4.69, 9.17) is 4.74 Å². The standard InChI is InChI=1S/C13H13BrF2O2/c1-7-4-5-18-13(7)11(17)6-8-10(15)3-2-9(14)12(8)16/h2-3,7,13H,4-6H2,1H3. The zero-order valence-corrected chi connectivity index (χ0v) is 11.5. The predicted molar refractivity (Wildman–Crippen MR) is 66.3 cm³/mol. The van der Waals surface area contributed by atoms with Gasteiger partial charge in [-0.3, -0.25) is 4.79 Å². The second-order valence-corrected chi connectivity index (χ2v) is 5.38. The van der Waals surface area contributed by atoms with Gasteiger partial charge in [-0.2, -0.15) is 0 Å². The van der Waals surface area contributed by atoms with Crippen molar-refractivity contribution in [3.8, 4) is 0 Å². The lowest BCUT2D eigenvalue weighted by molar-refractivity contribution is -0.128. The number of carbonyl (C=O) groups excluding carboxylic acids is 1. The minimum absolute atomic E-state index is 0.107. The molecule has 0 saturated carbocycles. The first-order chi connectivity index (χ1) is 8.50. The fraction of sp³-hybridized carbons (Fsp3) is 0.462. The van der Waals surface area contributed by atoms with E-state index in [1.54, 1.807) is 0 Å². The third kappa shape index (κ3) is 2.62. The van der Waals surface area contributed by atoms with Crippen LogP contribution in [-0.2, 0) is 16.0 Å². The van der Waals surface area contributed by atoms with Gasteiger partial charge in [-0.15, -0.1) is 0 Å². The van der Waals surface area contributed by atoms with Crippen LogP contribution in [0.2, 0.25) is 0 Å². The Hall–Kier alpha value is -0.810. The second kappa shape index (κ2) is 5.45. The summed E-state index contributed by atoms with van der Waals surface area (Å²) >= 11 is 2.98. The Morgan fingerprint density at radius 3 is 2.83 bits per heavy atom. The molecule has 0 aliphatic carbocycles. The van der Waals surface area contributed by atoms with Gasteiger partial charge in [0.1, 0.15) is 17.7 Å². The van der Waals surface area contributed by atoms with E-state index in [1.807, 2.05) is 6.92 Å². The van der Waals surface area contributed by atoms with Gasteiger partial charge in [0.25, 0.3) is 0 Å². The molecule has 5 heteroatoms. The minimum Gasteiger partial charge on any atom is -0.370 e. The Kier molecular flexibility index (Phi) is 4.12. The number of Topliss-reactive ketones (excluding diaryl/α,β-unsaturated/α-hetero) is 1. The molecule has 0 bridgehead atoms. The van der Waals surface area contributed by atoms with Crippen molar-refractivity contribution in [3.05, 3.63) is 33.8 Å². The molecule has 1 heterocycles. The molecule has 0 N–H and O–H groups in total. The molecule has 2 unspecified atom stereocenters. The van der Waals surface area contributed by atoms with Gasteiger partial charge in [-0.25, -0.2) is 8.78 Å². The Labute approximate surface area is 112 Å². The second-order valence-electron chi connectivity index (χ2n) is 4.52. The number of ether oxygens (including phenoxy) is 1. The lowest BCUT2D eigenvalue weighted by Crippen LogP contribution is -2.27. The highest BCUT2D eigenvalue weighted by Crippen LogP contribution is 2.26. The van der Waals surface area contributed by atoms with Gasteiger partial charge < -0.3 is 4.74 Å². The van der Waals surface area contributed by atoms with Gasteiger partial charge in [-0.1, -0.05) is 6.92 Å². The maximum Gasteiger partial charge on any atom is 0.166 e. The molecule has 98 valence electrons. The van der Waals surface area contributed by atoms with Crippen molar-refractivity contribution >= 4 is 21.7 Å². The molecule has 1 aliphatic heterocycles. The van der Waals surface area contributed by atoms with Crippen molar-refractivity contribution in [2.75, 3.05) is 6.61 Å². The van der Waals surface area contributed by atoms with Gasteiger partial charge in [0.2, 0.25) is 0 Å². The molecule has 0 aromatic heterocycles. The molecule has 2 atom stereocenters. The largest absolute Gasteiger partial charge is 0.370 e. The molecule has 0 spiro atoms. The lowest BCUT2D eigenvalue weighted by Gasteiger charge is -2.14. The van der Waals surface area contributed by atoms with Crippen LogP contribution in [0, 0.1) is 17.6 Å². The molecule has 0 radical (unpaired) electrons. The summed E-state index contributed by atoms with van der Waals surface area (Å²) in [4.78, 5) is 12.0. The van der Waals surface area contributed by atoms with Crippen LogP contribution in [0.25, 0.3) is 0 Å². The van der Waals surface area contributed by atoms with Gasteiger partial charge >= 0.3 is 0 Å². The summed E-state index contributed by atoms with van der Waals surface area (Å²) in [6.07, 6.45) is -0.00539. The third-order valence-electron chi connectivity index (χ3n) is 3.19. The number of carbonyl (C=O) groups is 1. The van der Waals surface area contributed by atoms with E-state index in [-0.39, 0.29) is 28.2 Å². The zero-order chi connectivity index (χ0) is 13.3.